The van der Waals surface area contributed by atoms with Gasteiger partial charge in [-0.2, -0.15) is 5.10 Å². The van der Waals surface area contributed by atoms with Crippen LogP contribution in [0.25, 0.3) is 0 Å². The minimum atomic E-state index is -0.348. The zero-order chi connectivity index (χ0) is 21.1. The molecule has 150 valence electrons. The van der Waals surface area contributed by atoms with Gasteiger partial charge in [0, 0.05) is 11.1 Å². The lowest BCUT2D eigenvalue weighted by molar-refractivity contribution is 0.0952. The molecule has 0 spiro atoms. The maximum Gasteiger partial charge on any atom is 0.275 e. The molecule has 0 heterocycles. The molecule has 0 atom stereocenters. The van der Waals surface area contributed by atoms with Crippen LogP contribution in [-0.2, 0) is 10.8 Å². The monoisotopic (exact) mass is 382 g/mol. The summed E-state index contributed by atoms with van der Waals surface area (Å²) in [6, 6.07) is 10.8. The lowest BCUT2D eigenvalue weighted by Crippen LogP contribution is -2.19. The third-order valence-corrected chi connectivity index (χ3v) is 4.48. The fraction of sp³-hybridized carbons (Fsp3) is 0.391. The number of carbonyl (C=O) groups is 1. The van der Waals surface area contributed by atoms with Crippen LogP contribution in [0, 0.1) is 0 Å². The van der Waals surface area contributed by atoms with Crippen molar-refractivity contribution < 1.29 is 14.6 Å². The average Bonchev–Trinajstić information content (AvgIpc) is 2.60. The molecule has 0 bridgehead atoms. The highest BCUT2D eigenvalue weighted by Gasteiger charge is 2.26. The SMILES string of the molecule is COc1ccccc1C(=O)N/N=C\c1cc(C(C)(C)C)c(O)c(C(C)(C)C)c1. The standard InChI is InChI=1S/C23H30N2O3/c1-22(2,3)17-12-15(13-18(20(17)26)23(4,5)6)14-24-25-21(27)16-10-8-9-11-19(16)28-7/h8-14,26H,1-7H3,(H,25,27)/b24-14-. The highest BCUT2D eigenvalue weighted by molar-refractivity contribution is 5.97. The number of phenols is 1. The first kappa shape index (κ1) is 21.5. The number of hydrazone groups is 1. The molecule has 0 radical (unpaired) electrons. The van der Waals surface area contributed by atoms with E-state index in [0.717, 1.165) is 16.7 Å². The fourth-order valence-corrected chi connectivity index (χ4v) is 2.93. The predicted octanol–water partition coefficient (Wildman–Crippen LogP) is 4.76. The van der Waals surface area contributed by atoms with E-state index in [-0.39, 0.29) is 16.7 Å². The van der Waals surface area contributed by atoms with E-state index in [0.29, 0.717) is 17.1 Å². The Hall–Kier alpha value is -2.82. The highest BCUT2D eigenvalue weighted by Crippen LogP contribution is 2.39. The van der Waals surface area contributed by atoms with Crippen LogP contribution in [0.3, 0.4) is 0 Å². The van der Waals surface area contributed by atoms with Gasteiger partial charge in [-0.05, 0) is 40.7 Å². The van der Waals surface area contributed by atoms with Crippen LogP contribution < -0.4 is 10.2 Å². The Morgan fingerprint density at radius 2 is 1.57 bits per heavy atom. The molecule has 2 aromatic carbocycles. The third-order valence-electron chi connectivity index (χ3n) is 4.48. The van der Waals surface area contributed by atoms with Crippen molar-refractivity contribution in [2.45, 2.75) is 52.4 Å². The van der Waals surface area contributed by atoms with E-state index >= 15 is 0 Å². The molecule has 0 aromatic heterocycles. The first-order valence-electron chi connectivity index (χ1n) is 9.29. The van der Waals surface area contributed by atoms with Crippen molar-refractivity contribution in [3.05, 3.63) is 58.7 Å². The Balaban J connectivity index is 2.34. The molecule has 0 fully saturated rings. The van der Waals surface area contributed by atoms with E-state index in [2.05, 4.69) is 52.1 Å². The van der Waals surface area contributed by atoms with Gasteiger partial charge in [0.25, 0.3) is 5.91 Å². The lowest BCUT2D eigenvalue weighted by atomic mass is 9.78. The second kappa shape index (κ2) is 8.05. The summed E-state index contributed by atoms with van der Waals surface area (Å²) < 4.78 is 5.21. The molecule has 5 heteroatoms. The zero-order valence-electron chi connectivity index (χ0n) is 17.8. The molecule has 28 heavy (non-hydrogen) atoms. The molecule has 0 saturated heterocycles. The number of para-hydroxylation sites is 1. The number of amides is 1. The topological polar surface area (TPSA) is 70.9 Å². The maximum atomic E-state index is 12.4. The molecule has 2 aromatic rings. The van der Waals surface area contributed by atoms with E-state index in [1.165, 1.54) is 7.11 Å². The minimum Gasteiger partial charge on any atom is -0.507 e. The summed E-state index contributed by atoms with van der Waals surface area (Å²) in [5.74, 6) is 0.458. The Morgan fingerprint density at radius 3 is 2.07 bits per heavy atom. The van der Waals surface area contributed by atoms with Crippen LogP contribution in [0.1, 0.15) is 68.6 Å². The van der Waals surface area contributed by atoms with Gasteiger partial charge < -0.3 is 9.84 Å². The number of hydrogen-bond acceptors (Lipinski definition) is 4. The van der Waals surface area contributed by atoms with Crippen molar-refractivity contribution in [1.82, 2.24) is 5.43 Å². The smallest absolute Gasteiger partial charge is 0.275 e. The second-order valence-electron chi connectivity index (χ2n) is 8.86. The predicted molar refractivity (Wildman–Crippen MR) is 114 cm³/mol. The van der Waals surface area contributed by atoms with Gasteiger partial charge >= 0.3 is 0 Å². The van der Waals surface area contributed by atoms with Gasteiger partial charge in [0.1, 0.15) is 11.5 Å². The summed E-state index contributed by atoms with van der Waals surface area (Å²) in [4.78, 5) is 12.4. The van der Waals surface area contributed by atoms with Crippen molar-refractivity contribution in [2.75, 3.05) is 7.11 Å². The van der Waals surface area contributed by atoms with Crippen LogP contribution in [-0.4, -0.2) is 24.3 Å². The third kappa shape index (κ3) is 4.91. The van der Waals surface area contributed by atoms with Crippen LogP contribution in [0.5, 0.6) is 11.5 Å². The summed E-state index contributed by atoms with van der Waals surface area (Å²) in [6.07, 6.45) is 1.59. The lowest BCUT2D eigenvalue weighted by Gasteiger charge is -2.27. The summed E-state index contributed by atoms with van der Waals surface area (Å²) in [5.41, 5.74) is 5.00. The van der Waals surface area contributed by atoms with Crippen molar-refractivity contribution in [3.8, 4) is 11.5 Å². The first-order valence-corrected chi connectivity index (χ1v) is 9.29. The van der Waals surface area contributed by atoms with Gasteiger partial charge in [-0.3, -0.25) is 4.79 Å². The fourth-order valence-electron chi connectivity index (χ4n) is 2.93. The molecular formula is C23H30N2O3. The van der Waals surface area contributed by atoms with Crippen LogP contribution >= 0.6 is 0 Å². The first-order chi connectivity index (χ1) is 12.9. The zero-order valence-corrected chi connectivity index (χ0v) is 17.8. The number of nitrogens with zero attached hydrogens (tertiary/aromatic N) is 1. The molecule has 2 N–H and O–H groups in total. The number of nitrogens with one attached hydrogen (secondary N) is 1. The summed E-state index contributed by atoms with van der Waals surface area (Å²) in [5, 5.41) is 14.9. The van der Waals surface area contributed by atoms with Crippen molar-refractivity contribution in [1.29, 1.82) is 0 Å². The van der Waals surface area contributed by atoms with Gasteiger partial charge in [-0.15, -0.1) is 0 Å². The van der Waals surface area contributed by atoms with Crippen LogP contribution in [0.2, 0.25) is 0 Å². The second-order valence-corrected chi connectivity index (χ2v) is 8.86. The summed E-state index contributed by atoms with van der Waals surface area (Å²) in [6.45, 7) is 12.3. The molecule has 0 aliphatic carbocycles. The van der Waals surface area contributed by atoms with Crippen LogP contribution in [0.15, 0.2) is 41.5 Å². The number of phenolic OH excluding ortho intramolecular Hbond substituents is 1. The number of rotatable bonds is 4. The maximum absolute atomic E-state index is 12.4. The Kier molecular flexibility index (Phi) is 6.17. The molecular weight excluding hydrogens is 352 g/mol. The molecule has 0 saturated carbocycles. The molecule has 2 rings (SSSR count). The molecule has 0 unspecified atom stereocenters. The Bertz CT molecular complexity index is 852. The van der Waals surface area contributed by atoms with E-state index in [1.807, 2.05) is 12.1 Å². The Morgan fingerprint density at radius 1 is 1.04 bits per heavy atom. The number of benzene rings is 2. The van der Waals surface area contributed by atoms with Crippen molar-refractivity contribution >= 4 is 12.1 Å². The summed E-state index contributed by atoms with van der Waals surface area (Å²) >= 11 is 0. The number of hydrogen-bond donors (Lipinski definition) is 2. The van der Waals surface area contributed by atoms with E-state index in [4.69, 9.17) is 4.74 Å². The Labute approximate surface area is 167 Å². The highest BCUT2D eigenvalue weighted by atomic mass is 16.5. The largest absolute Gasteiger partial charge is 0.507 e. The molecule has 0 aliphatic heterocycles. The normalized spacial score (nSPS) is 12.2. The number of aromatic hydroxyl groups is 1. The quantitative estimate of drug-likeness (QED) is 0.592. The van der Waals surface area contributed by atoms with Gasteiger partial charge in [-0.25, -0.2) is 5.43 Å². The van der Waals surface area contributed by atoms with E-state index in [9.17, 15) is 9.90 Å². The van der Waals surface area contributed by atoms with Crippen molar-refractivity contribution in [2.24, 2.45) is 5.10 Å². The molecule has 0 aliphatic rings. The van der Waals surface area contributed by atoms with E-state index in [1.54, 1.807) is 30.5 Å². The molecule has 1 amide bonds. The van der Waals surface area contributed by atoms with Gasteiger partial charge in [0.15, 0.2) is 0 Å². The molecule has 5 nitrogen and oxygen atoms in total. The van der Waals surface area contributed by atoms with Crippen LogP contribution in [0.4, 0.5) is 0 Å². The average molecular weight is 383 g/mol. The number of carbonyl (C=O) groups excluding carboxylic acids is 1. The summed E-state index contributed by atoms with van der Waals surface area (Å²) in [7, 11) is 1.52. The van der Waals surface area contributed by atoms with Gasteiger partial charge in [0.2, 0.25) is 0 Å². The van der Waals surface area contributed by atoms with E-state index < -0.39 is 0 Å². The number of methoxy groups -OCH3 is 1. The van der Waals surface area contributed by atoms with Gasteiger partial charge in [0.05, 0.1) is 18.9 Å². The van der Waals surface area contributed by atoms with Gasteiger partial charge in [-0.1, -0.05) is 53.7 Å². The minimum absolute atomic E-state index is 0.228. The number of ether oxygens (including phenoxy) is 1. The van der Waals surface area contributed by atoms with Crippen molar-refractivity contribution in [3.63, 3.8) is 0 Å².